The van der Waals surface area contributed by atoms with Crippen molar-refractivity contribution in [3.05, 3.63) is 82.1 Å². The lowest BCUT2D eigenvalue weighted by atomic mass is 9.99. The third-order valence-corrected chi connectivity index (χ3v) is 15.4. The maximum atomic E-state index is 13.7. The quantitative estimate of drug-likeness (QED) is 0.0523. The molecule has 0 spiro atoms. The fraction of sp³-hybridized carbons (Fsp3) is 0.429. The van der Waals surface area contributed by atoms with Crippen LogP contribution in [-0.4, -0.2) is 128 Å². The van der Waals surface area contributed by atoms with Crippen molar-refractivity contribution in [1.29, 1.82) is 0 Å². The fourth-order valence-corrected chi connectivity index (χ4v) is 11.5. The number of aryl methyl sites for hydroxylation is 2. The van der Waals surface area contributed by atoms with Crippen LogP contribution >= 0.6 is 23.1 Å². The van der Waals surface area contributed by atoms with E-state index in [2.05, 4.69) is 75.6 Å². The molecule has 0 bridgehead atoms. The van der Waals surface area contributed by atoms with E-state index in [1.54, 1.807) is 38.6 Å². The number of nitrogens with zero attached hydrogens (tertiary/aromatic N) is 7. The Bertz CT molecular complexity index is 2700. The second-order valence-corrected chi connectivity index (χ2v) is 21.9. The van der Waals surface area contributed by atoms with E-state index in [4.69, 9.17) is 14.5 Å². The Morgan fingerprint density at radius 2 is 1.73 bits per heavy atom. The van der Waals surface area contributed by atoms with Crippen LogP contribution in [0.4, 0.5) is 34.5 Å². The highest BCUT2D eigenvalue weighted by molar-refractivity contribution is 9.10. The molecule has 8 rings (SSSR count). The average molecular weight is 996 g/mol. The predicted octanol–water partition coefficient (Wildman–Crippen LogP) is 7.01. The van der Waals surface area contributed by atoms with Crippen molar-refractivity contribution in [1.82, 2.24) is 30.1 Å². The first-order chi connectivity index (χ1) is 32.2. The number of methoxy groups -OCH3 is 1. The van der Waals surface area contributed by atoms with Crippen LogP contribution in [0.15, 0.2) is 65.3 Å². The number of imide groups is 1. The van der Waals surface area contributed by atoms with E-state index < -0.39 is 13.2 Å². The number of carbonyl (C=O) groups excluding carboxylic acids is 3. The molecule has 67 heavy (non-hydrogen) atoms. The molecule has 5 aromatic rings. The molecule has 3 saturated heterocycles. The Morgan fingerprint density at radius 1 is 0.955 bits per heavy atom. The number of benzene rings is 3. The molecule has 16 nitrogen and oxygen atoms in total. The third kappa shape index (κ3) is 10.8. The number of pyridine rings is 1. The van der Waals surface area contributed by atoms with E-state index in [0.29, 0.717) is 64.5 Å². The van der Waals surface area contributed by atoms with Crippen molar-refractivity contribution in [3.63, 3.8) is 0 Å². The number of amides is 2. The second kappa shape index (κ2) is 20.7. The van der Waals surface area contributed by atoms with Gasteiger partial charge in [0, 0.05) is 99.7 Å². The summed E-state index contributed by atoms with van der Waals surface area (Å²) in [4.78, 5) is 59.5. The molecule has 2 amide bonds. The van der Waals surface area contributed by atoms with Crippen molar-refractivity contribution >= 4 is 92.1 Å². The molecule has 3 aliphatic rings. The van der Waals surface area contributed by atoms with Crippen LogP contribution in [0.25, 0.3) is 10.9 Å². The largest absolute Gasteiger partial charge is 0.494 e. The number of para-hydroxylation sites is 1. The van der Waals surface area contributed by atoms with Crippen LogP contribution < -0.4 is 40.5 Å². The van der Waals surface area contributed by atoms with Crippen LogP contribution in [0.1, 0.15) is 49.4 Å². The Balaban J connectivity index is 0.877. The molecule has 18 heteroatoms. The van der Waals surface area contributed by atoms with E-state index in [0.717, 1.165) is 98.2 Å². The highest BCUT2D eigenvalue weighted by atomic mass is 79.9. The van der Waals surface area contributed by atoms with Crippen LogP contribution in [0, 0.1) is 6.92 Å². The molecule has 1 unspecified atom stereocenters. The molecule has 3 fully saturated rings. The minimum Gasteiger partial charge on any atom is -0.494 e. The summed E-state index contributed by atoms with van der Waals surface area (Å²) < 4.78 is 25.8. The molecule has 0 saturated carbocycles. The van der Waals surface area contributed by atoms with Gasteiger partial charge in [-0.1, -0.05) is 25.1 Å². The first kappa shape index (κ1) is 47.9. The van der Waals surface area contributed by atoms with Crippen molar-refractivity contribution in [3.8, 4) is 11.5 Å². The van der Waals surface area contributed by atoms with E-state index in [1.165, 1.54) is 11.3 Å². The van der Waals surface area contributed by atoms with Crippen molar-refractivity contribution < 1.29 is 28.4 Å². The van der Waals surface area contributed by atoms with Gasteiger partial charge in [0.15, 0.2) is 5.75 Å². The Hall–Kier alpha value is -5.61. The maximum absolute atomic E-state index is 13.7. The highest BCUT2D eigenvalue weighted by Crippen LogP contribution is 2.43. The molecular weight excluding hydrogens is 935 g/mol. The maximum Gasteiger partial charge on any atom is 0.298 e. The molecule has 5 heterocycles. The number of piperazine rings is 1. The van der Waals surface area contributed by atoms with Gasteiger partial charge in [-0.3, -0.25) is 29.6 Å². The van der Waals surface area contributed by atoms with Gasteiger partial charge in [-0.25, -0.2) is 4.98 Å². The number of anilines is 6. The molecule has 354 valence electrons. The lowest BCUT2D eigenvalue weighted by molar-refractivity contribution is -0.134. The van der Waals surface area contributed by atoms with Gasteiger partial charge in [-0.15, -0.1) is 0 Å². The smallest absolute Gasteiger partial charge is 0.298 e. The van der Waals surface area contributed by atoms with Gasteiger partial charge in [-0.05, 0) is 110 Å². The number of aromatic nitrogens is 3. The van der Waals surface area contributed by atoms with Crippen LogP contribution in [0.2, 0.25) is 0 Å². The SMILES string of the molecule is CCc1cc(Nc2ncc(Br)c(Nc3ccc4nc(C)ccc4c3P(C)(C)=O)n2)c(OC)cc1N1CCC(N2CCN(CCc3cccc(N(C)C4CCC(=O)NC4=O)c3OC=O)CC2)CC1. The van der Waals surface area contributed by atoms with Gasteiger partial charge >= 0.3 is 0 Å². The van der Waals surface area contributed by atoms with E-state index >= 15 is 0 Å². The summed E-state index contributed by atoms with van der Waals surface area (Å²) >= 11 is 3.62. The first-order valence-corrected chi connectivity index (χ1v) is 26.4. The Morgan fingerprint density at radius 3 is 2.43 bits per heavy atom. The topological polar surface area (TPSA) is 174 Å². The van der Waals surface area contributed by atoms with Crippen LogP contribution in [0.5, 0.6) is 11.5 Å². The highest BCUT2D eigenvalue weighted by Gasteiger charge is 2.33. The van der Waals surface area contributed by atoms with Gasteiger partial charge in [-0.2, -0.15) is 4.98 Å². The molecular formula is C49H60BrN10O6P. The number of hydrogen-bond donors (Lipinski definition) is 3. The lowest BCUT2D eigenvalue weighted by Crippen LogP contribution is -2.53. The van der Waals surface area contributed by atoms with Crippen molar-refractivity contribution in [2.24, 2.45) is 0 Å². The lowest BCUT2D eigenvalue weighted by Gasteiger charge is -2.43. The predicted molar refractivity (Wildman–Crippen MR) is 269 cm³/mol. The summed E-state index contributed by atoms with van der Waals surface area (Å²) in [5, 5.41) is 10.8. The molecule has 0 aliphatic carbocycles. The van der Waals surface area contributed by atoms with Gasteiger partial charge in [0.2, 0.25) is 17.8 Å². The number of likely N-dealkylation sites (N-methyl/N-ethyl adjacent to an activating group) is 1. The monoisotopic (exact) mass is 994 g/mol. The molecule has 3 N–H and O–H groups in total. The van der Waals surface area contributed by atoms with Gasteiger partial charge in [0.05, 0.1) is 34.2 Å². The number of ether oxygens (including phenoxy) is 2. The van der Waals surface area contributed by atoms with Crippen LogP contribution in [-0.2, 0) is 31.8 Å². The molecule has 1 atom stereocenters. The van der Waals surface area contributed by atoms with Crippen molar-refractivity contribution in [2.75, 3.05) is 93.7 Å². The van der Waals surface area contributed by atoms with E-state index in [1.807, 2.05) is 49.4 Å². The Kier molecular flexibility index (Phi) is 14.8. The summed E-state index contributed by atoms with van der Waals surface area (Å²) in [7, 11) is 0.743. The number of rotatable bonds is 16. The van der Waals surface area contributed by atoms with E-state index in [-0.39, 0.29) is 18.2 Å². The van der Waals surface area contributed by atoms with Crippen molar-refractivity contribution in [2.45, 2.75) is 64.5 Å². The van der Waals surface area contributed by atoms with Gasteiger partial charge in [0.1, 0.15) is 24.8 Å². The number of carbonyl (C=O) groups is 3. The van der Waals surface area contributed by atoms with Gasteiger partial charge < -0.3 is 39.4 Å². The number of fused-ring (bicyclic) bond motifs is 1. The minimum absolute atomic E-state index is 0.266. The summed E-state index contributed by atoms with van der Waals surface area (Å²) in [6, 6.07) is 17.8. The summed E-state index contributed by atoms with van der Waals surface area (Å²) in [5.74, 6) is 1.46. The molecule has 3 aromatic carbocycles. The second-order valence-electron chi connectivity index (χ2n) is 17.9. The first-order valence-electron chi connectivity index (χ1n) is 23.0. The number of piperidine rings is 2. The minimum atomic E-state index is -2.74. The standard InChI is InChI=1S/C49H60BrN10O6P/c1-7-32-27-39(54-49-51-29-36(50)47(56-49)53-38-14-13-37-35(12-11-31(2)52-37)46(38)67(5,6)64)43(65-4)28-42(32)60-21-18-34(19-22-60)59-25-23-58(24-26-59)20-17-33-9-8-10-40(45(33)66-30-61)57(3)41-15-16-44(62)55-48(41)63/h8-14,27-30,34,41H,7,15-26H2,1-6H3,(H,55,62,63)(H2,51,53,54,56). The third-order valence-electron chi connectivity index (χ3n) is 13.3. The normalized spacial score (nSPS) is 17.6. The molecule has 3 aliphatic heterocycles. The van der Waals surface area contributed by atoms with E-state index in [9.17, 15) is 18.9 Å². The summed E-state index contributed by atoms with van der Waals surface area (Å²) in [6.45, 7) is 14.7. The Labute approximate surface area is 400 Å². The van der Waals surface area contributed by atoms with Gasteiger partial charge in [0.25, 0.3) is 6.47 Å². The number of nitrogens with one attached hydrogen (secondary N) is 3. The number of halogens is 1. The van der Waals surface area contributed by atoms with Crippen LogP contribution in [0.3, 0.4) is 0 Å². The number of hydrogen-bond acceptors (Lipinski definition) is 15. The summed E-state index contributed by atoms with van der Waals surface area (Å²) in [6.07, 6.45) is 6.02. The molecule has 0 radical (unpaired) electrons. The average Bonchev–Trinajstić information content (AvgIpc) is 3.31. The molecule has 2 aromatic heterocycles. The fourth-order valence-electron chi connectivity index (χ4n) is 9.74. The zero-order chi connectivity index (χ0) is 47.4. The zero-order valence-electron chi connectivity index (χ0n) is 39.1. The summed E-state index contributed by atoms with van der Waals surface area (Å²) in [5.41, 5.74) is 7.10. The zero-order valence-corrected chi connectivity index (χ0v) is 41.6.